The lowest BCUT2D eigenvalue weighted by Gasteiger charge is -2.33. The van der Waals surface area contributed by atoms with E-state index in [1.165, 1.54) is 12.1 Å². The first-order valence-corrected chi connectivity index (χ1v) is 13.5. The van der Waals surface area contributed by atoms with Gasteiger partial charge in [0.2, 0.25) is 11.9 Å². The van der Waals surface area contributed by atoms with Gasteiger partial charge in [0.15, 0.2) is 0 Å². The van der Waals surface area contributed by atoms with Gasteiger partial charge in [0.05, 0.1) is 28.2 Å². The first-order chi connectivity index (χ1) is 19.6. The molecule has 4 aromatic rings. The predicted octanol–water partition coefficient (Wildman–Crippen LogP) is 5.75. The highest BCUT2D eigenvalue weighted by molar-refractivity contribution is 6.31. The first-order valence-electron chi connectivity index (χ1n) is 13.1. The van der Waals surface area contributed by atoms with Crippen LogP contribution >= 0.6 is 11.6 Å². The number of benzene rings is 2. The summed E-state index contributed by atoms with van der Waals surface area (Å²) in [6.45, 7) is 7.05. The van der Waals surface area contributed by atoms with Crippen LogP contribution in [0.5, 0.6) is 11.5 Å². The summed E-state index contributed by atoms with van der Waals surface area (Å²) in [5.74, 6) is 1.67. The van der Waals surface area contributed by atoms with Gasteiger partial charge in [0.1, 0.15) is 17.3 Å². The second-order valence-electron chi connectivity index (χ2n) is 9.70. The van der Waals surface area contributed by atoms with Gasteiger partial charge in [-0.3, -0.25) is 9.69 Å². The Morgan fingerprint density at radius 3 is 2.46 bits per heavy atom. The molecule has 0 bridgehead atoms. The summed E-state index contributed by atoms with van der Waals surface area (Å²) in [4.78, 5) is 25.8. The van der Waals surface area contributed by atoms with Crippen molar-refractivity contribution in [2.24, 2.45) is 7.05 Å². The molecule has 3 heterocycles. The molecule has 0 unspecified atom stereocenters. The maximum atomic E-state index is 13.0. The molecule has 1 fully saturated rings. The van der Waals surface area contributed by atoms with E-state index in [-0.39, 0.29) is 5.91 Å². The van der Waals surface area contributed by atoms with Crippen LogP contribution < -0.4 is 15.4 Å². The number of aromatic nitrogens is 3. The Morgan fingerprint density at radius 2 is 1.76 bits per heavy atom. The van der Waals surface area contributed by atoms with Crippen LogP contribution in [0, 0.1) is 0 Å². The van der Waals surface area contributed by atoms with E-state index in [9.17, 15) is 18.0 Å². The summed E-state index contributed by atoms with van der Waals surface area (Å²) < 4.78 is 46.9. The predicted molar refractivity (Wildman–Crippen MR) is 152 cm³/mol. The van der Waals surface area contributed by atoms with E-state index in [1.54, 1.807) is 42.1 Å². The largest absolute Gasteiger partial charge is 0.457 e. The molecule has 2 aromatic heterocycles. The fourth-order valence-electron chi connectivity index (χ4n) is 4.63. The number of nitrogens with zero attached hydrogens (tertiary/aromatic N) is 5. The summed E-state index contributed by atoms with van der Waals surface area (Å²) in [6, 6.07) is 12.1. The van der Waals surface area contributed by atoms with Gasteiger partial charge >= 0.3 is 6.18 Å². The molecule has 2 N–H and O–H groups in total. The molecule has 216 valence electrons. The van der Waals surface area contributed by atoms with Gasteiger partial charge in [-0.1, -0.05) is 18.5 Å². The highest BCUT2D eigenvalue weighted by Gasteiger charge is 2.33. The van der Waals surface area contributed by atoms with E-state index in [2.05, 4.69) is 37.3 Å². The Hall–Kier alpha value is -3.87. The molecule has 9 nitrogen and oxygen atoms in total. The topological polar surface area (TPSA) is 87.5 Å². The Morgan fingerprint density at radius 1 is 1.02 bits per heavy atom. The van der Waals surface area contributed by atoms with Gasteiger partial charge in [-0.15, -0.1) is 0 Å². The van der Waals surface area contributed by atoms with E-state index < -0.39 is 16.8 Å². The third kappa shape index (κ3) is 6.89. The smallest absolute Gasteiger partial charge is 0.417 e. The molecule has 1 aliphatic heterocycles. The van der Waals surface area contributed by atoms with Gasteiger partial charge in [0.25, 0.3) is 0 Å². The second kappa shape index (κ2) is 11.9. The van der Waals surface area contributed by atoms with Crippen LogP contribution in [0.25, 0.3) is 11.0 Å². The average Bonchev–Trinajstić information content (AvgIpc) is 3.22. The van der Waals surface area contributed by atoms with E-state index in [1.807, 2.05) is 6.07 Å². The minimum absolute atomic E-state index is 0.135. The number of halogens is 4. The number of anilines is 3. The molecular weight excluding hydrogens is 559 g/mol. The quantitative estimate of drug-likeness (QED) is 0.271. The number of rotatable bonds is 8. The Kier molecular flexibility index (Phi) is 8.34. The molecule has 0 atom stereocenters. The number of ether oxygens (including phenoxy) is 1. The van der Waals surface area contributed by atoms with E-state index in [0.29, 0.717) is 41.0 Å². The van der Waals surface area contributed by atoms with Crippen molar-refractivity contribution in [3.63, 3.8) is 0 Å². The molecule has 41 heavy (non-hydrogen) atoms. The van der Waals surface area contributed by atoms with E-state index >= 15 is 0 Å². The monoisotopic (exact) mass is 587 g/mol. The number of alkyl halides is 3. The Bertz CT molecular complexity index is 1550. The zero-order valence-electron chi connectivity index (χ0n) is 22.5. The van der Waals surface area contributed by atoms with Gasteiger partial charge in [-0.05, 0) is 42.9 Å². The van der Waals surface area contributed by atoms with Crippen LogP contribution in [0.1, 0.15) is 12.5 Å². The van der Waals surface area contributed by atoms with Crippen molar-refractivity contribution in [1.82, 2.24) is 24.3 Å². The number of carbonyl (C=O) groups excluding carboxylic acids is 1. The van der Waals surface area contributed by atoms with E-state index in [4.69, 9.17) is 16.3 Å². The minimum Gasteiger partial charge on any atom is -0.457 e. The molecule has 0 radical (unpaired) electrons. The molecule has 5 rings (SSSR count). The lowest BCUT2D eigenvalue weighted by Crippen LogP contribution is -2.48. The number of imidazole rings is 1. The molecule has 0 aliphatic carbocycles. The van der Waals surface area contributed by atoms with Crippen molar-refractivity contribution in [3.8, 4) is 11.5 Å². The number of amides is 1. The number of aryl methyl sites for hydroxylation is 1. The third-order valence-electron chi connectivity index (χ3n) is 6.90. The van der Waals surface area contributed by atoms with Crippen molar-refractivity contribution in [2.45, 2.75) is 13.1 Å². The summed E-state index contributed by atoms with van der Waals surface area (Å²) in [6.07, 6.45) is -2.98. The lowest BCUT2D eigenvalue weighted by molar-refractivity contribution is -0.137. The standard InChI is InChI=1S/C28H29ClF3N7O2/c1-3-38-10-12-39(13-11-38)17-26(40)36-25-16-20(8-9-33-25)41-19-5-7-24-23(15-19)35-27(37(24)2)34-18-4-6-21(22(29)14-18)28(30,31)32/h4-9,14-16H,3,10-13,17H2,1-2H3,(H,34,35)(H,33,36,40). The highest BCUT2D eigenvalue weighted by Crippen LogP contribution is 2.36. The van der Waals surface area contributed by atoms with Crippen LogP contribution in [-0.4, -0.2) is 69.5 Å². The highest BCUT2D eigenvalue weighted by atomic mass is 35.5. The molecule has 1 amide bonds. The summed E-state index contributed by atoms with van der Waals surface area (Å²) >= 11 is 5.85. The maximum absolute atomic E-state index is 13.0. The van der Waals surface area contributed by atoms with Gasteiger partial charge < -0.3 is 24.8 Å². The number of hydrogen-bond acceptors (Lipinski definition) is 7. The minimum atomic E-state index is -4.53. The van der Waals surface area contributed by atoms with Crippen molar-refractivity contribution in [1.29, 1.82) is 0 Å². The lowest BCUT2D eigenvalue weighted by atomic mass is 10.2. The molecule has 0 spiro atoms. The molecule has 2 aromatic carbocycles. The molecule has 1 aliphatic rings. The number of pyridine rings is 1. The normalized spacial score (nSPS) is 14.8. The number of nitrogens with one attached hydrogen (secondary N) is 2. The zero-order chi connectivity index (χ0) is 29.1. The second-order valence-corrected chi connectivity index (χ2v) is 10.1. The van der Waals surface area contributed by atoms with Gasteiger partial charge in [0, 0.05) is 57.2 Å². The number of hydrogen-bond donors (Lipinski definition) is 2. The Labute approximate surface area is 239 Å². The van der Waals surface area contributed by atoms with Crippen molar-refractivity contribution in [2.75, 3.05) is 49.9 Å². The maximum Gasteiger partial charge on any atom is 0.417 e. The van der Waals surface area contributed by atoms with Crippen LogP contribution in [0.3, 0.4) is 0 Å². The molecule has 0 saturated carbocycles. The SMILES string of the molecule is CCN1CCN(CC(=O)Nc2cc(Oc3ccc4c(c3)nc(Nc3ccc(C(F)(F)F)c(Cl)c3)n4C)ccn2)CC1. The van der Waals surface area contributed by atoms with Crippen LogP contribution in [0.2, 0.25) is 5.02 Å². The van der Waals surface area contributed by atoms with E-state index in [0.717, 1.165) is 44.3 Å². The first kappa shape index (κ1) is 28.7. The van der Waals surface area contributed by atoms with Gasteiger partial charge in [-0.2, -0.15) is 13.2 Å². The fourth-order valence-corrected chi connectivity index (χ4v) is 4.92. The molecule has 1 saturated heterocycles. The van der Waals surface area contributed by atoms with Crippen molar-refractivity contribution in [3.05, 3.63) is 65.3 Å². The fraction of sp³-hybridized carbons (Fsp3) is 0.321. The summed E-state index contributed by atoms with van der Waals surface area (Å²) in [5.41, 5.74) is 0.852. The van der Waals surface area contributed by atoms with Crippen LogP contribution in [0.15, 0.2) is 54.7 Å². The van der Waals surface area contributed by atoms with Crippen molar-refractivity contribution >= 4 is 46.0 Å². The Balaban J connectivity index is 1.24. The number of likely N-dealkylation sites (N-methyl/N-ethyl adjacent to an activating group) is 1. The summed E-state index contributed by atoms with van der Waals surface area (Å²) in [5, 5.41) is 5.45. The van der Waals surface area contributed by atoms with Crippen LogP contribution in [-0.2, 0) is 18.0 Å². The zero-order valence-corrected chi connectivity index (χ0v) is 23.3. The molecular formula is C28H29ClF3N7O2. The number of fused-ring (bicyclic) bond motifs is 1. The average molecular weight is 588 g/mol. The number of carbonyl (C=O) groups is 1. The van der Waals surface area contributed by atoms with Gasteiger partial charge in [-0.25, -0.2) is 9.97 Å². The van der Waals surface area contributed by atoms with Crippen LogP contribution in [0.4, 0.5) is 30.6 Å². The summed E-state index contributed by atoms with van der Waals surface area (Å²) in [7, 11) is 1.78. The number of piperazine rings is 1. The third-order valence-corrected chi connectivity index (χ3v) is 7.21. The molecule has 13 heteroatoms. The van der Waals surface area contributed by atoms with Crippen molar-refractivity contribution < 1.29 is 22.7 Å².